The van der Waals surface area contributed by atoms with Crippen LogP contribution >= 0.6 is 0 Å². The van der Waals surface area contributed by atoms with E-state index in [4.69, 9.17) is 19.9 Å². The molecule has 0 saturated carbocycles. The van der Waals surface area contributed by atoms with Crippen molar-refractivity contribution in [2.75, 3.05) is 0 Å². The van der Waals surface area contributed by atoms with Crippen LogP contribution in [0.5, 0.6) is 0 Å². The molecule has 0 N–H and O–H groups in total. The zero-order valence-corrected chi connectivity index (χ0v) is 79.5. The molecule has 6 heteroatoms. The minimum absolute atomic E-state index is 0.962. The minimum Gasteiger partial charge on any atom is -0.265 e. The van der Waals surface area contributed by atoms with E-state index in [1.54, 1.807) is 0 Å². The molecule has 6 nitrogen and oxygen atoms in total. The normalized spacial score (nSPS) is 11.6. The van der Waals surface area contributed by atoms with E-state index in [2.05, 4.69) is 507 Å². The van der Waals surface area contributed by atoms with Crippen LogP contribution in [-0.2, 0) is 0 Å². The topological polar surface area (TPSA) is 77.3 Å². The Hall–Kier alpha value is -19.4. The van der Waals surface area contributed by atoms with Crippen molar-refractivity contribution < 1.29 is 0 Å². The Labute approximate surface area is 843 Å². The van der Waals surface area contributed by atoms with E-state index in [1.807, 2.05) is 36.9 Å². The summed E-state index contributed by atoms with van der Waals surface area (Å²) < 4.78 is 0. The second-order valence-electron chi connectivity index (χ2n) is 37.9. The first-order chi connectivity index (χ1) is 72.3. The summed E-state index contributed by atoms with van der Waals surface area (Å²) in [6.45, 7) is 0. The second-order valence-corrected chi connectivity index (χ2v) is 37.9. The molecule has 0 aliphatic carbocycles. The van der Waals surface area contributed by atoms with Gasteiger partial charge in [0.1, 0.15) is 0 Å². The van der Waals surface area contributed by atoms with E-state index < -0.39 is 0 Å². The highest BCUT2D eigenvalue weighted by molar-refractivity contribution is 6.21. The van der Waals surface area contributed by atoms with Crippen LogP contribution in [-0.4, -0.2) is 29.9 Å². The number of fused-ring (bicyclic) bond motifs is 17. The summed E-state index contributed by atoms with van der Waals surface area (Å²) in [7, 11) is 0. The molecule has 0 saturated heterocycles. The number of aromatic nitrogens is 6. The zero-order valence-electron chi connectivity index (χ0n) is 79.5. The Balaban J connectivity index is 0.000000109. The molecular formula is C140H88N6. The Bertz CT molecular complexity index is 9850. The number of para-hydroxylation sites is 2. The van der Waals surface area contributed by atoms with Crippen molar-refractivity contribution >= 4 is 151 Å². The Morgan fingerprint density at radius 3 is 0.753 bits per heavy atom. The van der Waals surface area contributed by atoms with Gasteiger partial charge in [0.15, 0.2) is 0 Å². The lowest BCUT2D eigenvalue weighted by Gasteiger charge is -2.16. The van der Waals surface area contributed by atoms with Gasteiger partial charge < -0.3 is 0 Å². The van der Waals surface area contributed by atoms with Gasteiger partial charge in [0.25, 0.3) is 0 Å². The fourth-order valence-electron chi connectivity index (χ4n) is 21.9. The minimum atomic E-state index is 0.962. The maximum absolute atomic E-state index is 5.44. The van der Waals surface area contributed by atoms with Gasteiger partial charge in [-0.2, -0.15) is 0 Å². The van der Waals surface area contributed by atoms with E-state index in [-0.39, 0.29) is 0 Å². The van der Waals surface area contributed by atoms with Gasteiger partial charge in [-0.25, -0.2) is 15.0 Å². The lowest BCUT2D eigenvalue weighted by molar-refractivity contribution is 1.33. The van der Waals surface area contributed by atoms with E-state index >= 15 is 0 Å². The first-order valence-electron chi connectivity index (χ1n) is 49.8. The molecule has 146 heavy (non-hydrogen) atoms. The fourth-order valence-corrected chi connectivity index (χ4v) is 21.9. The molecule has 6 heterocycles. The van der Waals surface area contributed by atoms with Gasteiger partial charge in [0.05, 0.1) is 44.7 Å². The molecule has 0 aliphatic heterocycles. The van der Waals surface area contributed by atoms with Crippen molar-refractivity contribution in [1.82, 2.24) is 29.9 Å². The van der Waals surface area contributed by atoms with Crippen molar-refractivity contribution in [3.05, 3.63) is 534 Å². The lowest BCUT2D eigenvalue weighted by Crippen LogP contribution is -1.94. The maximum Gasteiger partial charge on any atom is 0.0794 e. The summed E-state index contributed by atoms with van der Waals surface area (Å²) in [6, 6.07) is 184. The maximum atomic E-state index is 5.44. The summed E-state index contributed by atoms with van der Waals surface area (Å²) >= 11 is 0. The third-order valence-corrected chi connectivity index (χ3v) is 29.3. The molecule has 0 aliphatic rings. The molecule has 0 amide bonds. The van der Waals surface area contributed by atoms with Gasteiger partial charge in [-0.3, -0.25) is 15.0 Å². The highest BCUT2D eigenvalue weighted by Gasteiger charge is 2.24. The van der Waals surface area contributed by atoms with Gasteiger partial charge in [-0.15, -0.1) is 0 Å². The quantitative estimate of drug-likeness (QED) is 0.113. The summed E-state index contributed by atoms with van der Waals surface area (Å²) in [6.07, 6.45) is 7.45. The molecule has 0 unspecified atom stereocenters. The lowest BCUT2D eigenvalue weighted by atomic mass is 9.90. The number of hydrogen-bond donors (Lipinski definition) is 0. The molecular weight excluding hydrogens is 1770 g/mol. The van der Waals surface area contributed by atoms with E-state index in [1.165, 1.54) is 136 Å². The smallest absolute Gasteiger partial charge is 0.0794 e. The first kappa shape index (κ1) is 85.8. The van der Waals surface area contributed by atoms with Crippen molar-refractivity contribution in [2.45, 2.75) is 0 Å². The van der Waals surface area contributed by atoms with Crippen molar-refractivity contribution in [2.24, 2.45) is 0 Å². The molecule has 29 rings (SSSR count). The fraction of sp³-hybridized carbons (Fsp3) is 0. The van der Waals surface area contributed by atoms with Crippen LogP contribution in [0, 0.1) is 0 Å². The molecule has 0 radical (unpaired) electrons. The zero-order chi connectivity index (χ0) is 96.5. The Kier molecular flexibility index (Phi) is 21.5. The standard InChI is InChI=1S/2C48H30N2.C44H28N2/c1-3-11-36-27-38(24-18-31(36)9-1)43-29-45-44(34-22-20-33(21-23-34)40-17-7-13-35-14-8-26-49-47(35)40)30-46(50-48(45)42-16-6-5-15-41(42)43)39-25-19-32-10-2-4-12-37(32)28-39;1-3-11-35-27-37(23-17-31(35)9-1)43-29-45-44(34-21-19-33(20-22-34)39-25-26-49-46-16-8-7-14-41(39)46)30-47(50-48(45)42-15-6-5-13-40(42)43)38-24-18-32-10-2-4-12-36(32)28-38;1-3-9-34-25-36(19-15-29(34)7-1)40-27-42-41(33-17-13-31(14-18-33)32-21-23-45-24-22-32)28-43(46-44(42)39-12-6-5-11-38(39)40)37-20-16-30-8-2-4-10-35(30)26-37/h2*1-30H;1-28H. The second kappa shape index (κ2) is 36.7. The van der Waals surface area contributed by atoms with Gasteiger partial charge in [0, 0.05) is 90.1 Å². The van der Waals surface area contributed by atoms with Crippen molar-refractivity contribution in [1.29, 1.82) is 0 Å². The monoisotopic (exact) mass is 1850 g/mol. The van der Waals surface area contributed by atoms with Crippen LogP contribution < -0.4 is 0 Å². The molecule has 0 fully saturated rings. The largest absolute Gasteiger partial charge is 0.265 e. The summed E-state index contributed by atoms with van der Waals surface area (Å²) in [5.41, 5.74) is 32.4. The van der Waals surface area contributed by atoms with Gasteiger partial charge in [0.2, 0.25) is 0 Å². The summed E-state index contributed by atoms with van der Waals surface area (Å²) in [5.74, 6) is 0. The predicted octanol–water partition coefficient (Wildman–Crippen LogP) is 37.6. The van der Waals surface area contributed by atoms with Crippen LogP contribution in [0.1, 0.15) is 0 Å². The van der Waals surface area contributed by atoms with Crippen LogP contribution in [0.15, 0.2) is 534 Å². The summed E-state index contributed by atoms with van der Waals surface area (Å²) in [5, 5.41) is 27.5. The highest BCUT2D eigenvalue weighted by atomic mass is 14.7. The number of pyridine rings is 6. The van der Waals surface area contributed by atoms with Gasteiger partial charge in [-0.05, 0) is 279 Å². The predicted molar refractivity (Wildman–Crippen MR) is 616 cm³/mol. The van der Waals surface area contributed by atoms with Crippen LogP contribution in [0.4, 0.5) is 0 Å². The Morgan fingerprint density at radius 1 is 0.116 bits per heavy atom. The third kappa shape index (κ3) is 15.9. The van der Waals surface area contributed by atoms with Gasteiger partial charge in [-0.1, -0.05) is 406 Å². The molecule has 0 bridgehead atoms. The average molecular weight is 1850 g/mol. The molecule has 6 aromatic heterocycles. The highest BCUT2D eigenvalue weighted by Crippen LogP contribution is 2.48. The van der Waals surface area contributed by atoms with Crippen LogP contribution in [0.25, 0.3) is 285 Å². The van der Waals surface area contributed by atoms with E-state index in [0.29, 0.717) is 0 Å². The number of nitrogens with zero attached hydrogens (tertiary/aromatic N) is 6. The number of rotatable bonds is 12. The van der Waals surface area contributed by atoms with E-state index in [9.17, 15) is 0 Å². The van der Waals surface area contributed by atoms with Crippen molar-refractivity contribution in [3.8, 4) is 134 Å². The third-order valence-electron chi connectivity index (χ3n) is 29.3. The van der Waals surface area contributed by atoms with Gasteiger partial charge >= 0.3 is 0 Å². The van der Waals surface area contributed by atoms with Crippen LogP contribution in [0.3, 0.4) is 0 Å². The number of benzene rings is 23. The summed E-state index contributed by atoms with van der Waals surface area (Å²) in [4.78, 5) is 29.8. The first-order valence-corrected chi connectivity index (χ1v) is 49.8. The molecule has 0 atom stereocenters. The molecule has 23 aromatic carbocycles. The Morgan fingerprint density at radius 2 is 0.384 bits per heavy atom. The molecule has 0 spiro atoms. The van der Waals surface area contributed by atoms with E-state index in [0.717, 1.165) is 149 Å². The SMILES string of the molecule is c1ccc2cc(-c3cc(-c4ccc(-c5cccc6cccnc56)cc4)c4cc(-c5ccc6ccccc6c5)c5ccccc5c4n3)ccc2c1.c1ccc2cc(-c3cc(-c4ccc(-c5ccnc6ccccc56)cc4)c4cc(-c5ccc6ccccc6c5)c5ccccc5c4n3)ccc2c1.c1ccc2cc(-c3cc(-c4ccc(-c5ccncc5)cc4)c4cc(-c5ccc6ccccc6c5)c5ccccc5c4n3)ccc2c1. The molecule has 29 aromatic rings. The average Bonchev–Trinajstić information content (AvgIpc) is 0.741. The van der Waals surface area contributed by atoms with Crippen molar-refractivity contribution in [3.63, 3.8) is 0 Å². The number of hydrogen-bond acceptors (Lipinski definition) is 6. The molecule has 678 valence electrons. The van der Waals surface area contributed by atoms with Crippen LogP contribution in [0.2, 0.25) is 0 Å².